The zero-order valence-electron chi connectivity index (χ0n) is 11.7. The zero-order chi connectivity index (χ0) is 14.0. The molecule has 0 bridgehead atoms. The number of nitrogens with zero attached hydrogens (tertiary/aromatic N) is 3. The number of alkyl halides is 1. The standard InChI is InChI=1S/C13H21Cl2N3O/c1-4-18-12(13(15)10(3)16-18)7-17-6-11(5-14)19-8-9(17)2/h9,11H,4-8H2,1-3H3. The molecule has 1 aliphatic heterocycles. The smallest absolute Gasteiger partial charge is 0.0860 e. The van der Waals surface area contributed by atoms with Crippen molar-refractivity contribution in [3.63, 3.8) is 0 Å². The van der Waals surface area contributed by atoms with E-state index in [2.05, 4.69) is 23.8 Å². The summed E-state index contributed by atoms with van der Waals surface area (Å²) in [7, 11) is 0. The largest absolute Gasteiger partial charge is 0.374 e. The van der Waals surface area contributed by atoms with Gasteiger partial charge >= 0.3 is 0 Å². The third-order valence-electron chi connectivity index (χ3n) is 3.61. The maximum atomic E-state index is 6.36. The Morgan fingerprint density at radius 1 is 1.47 bits per heavy atom. The topological polar surface area (TPSA) is 30.3 Å². The lowest BCUT2D eigenvalue weighted by Crippen LogP contribution is -2.48. The zero-order valence-corrected chi connectivity index (χ0v) is 13.2. The normalized spacial score (nSPS) is 24.9. The van der Waals surface area contributed by atoms with E-state index < -0.39 is 0 Å². The third kappa shape index (κ3) is 3.24. The Morgan fingerprint density at radius 3 is 2.84 bits per heavy atom. The van der Waals surface area contributed by atoms with Gasteiger partial charge in [0.15, 0.2) is 0 Å². The van der Waals surface area contributed by atoms with E-state index in [0.717, 1.165) is 36.0 Å². The maximum Gasteiger partial charge on any atom is 0.0860 e. The number of morpholine rings is 1. The fraction of sp³-hybridized carbons (Fsp3) is 0.769. The van der Waals surface area contributed by atoms with E-state index in [9.17, 15) is 0 Å². The number of ether oxygens (including phenoxy) is 1. The number of aromatic nitrogens is 2. The number of rotatable bonds is 4. The molecule has 1 saturated heterocycles. The molecule has 2 heterocycles. The number of hydrogen-bond acceptors (Lipinski definition) is 3. The van der Waals surface area contributed by atoms with Gasteiger partial charge in [0, 0.05) is 31.6 Å². The molecule has 0 aromatic carbocycles. The summed E-state index contributed by atoms with van der Waals surface area (Å²) >= 11 is 12.3. The molecular weight excluding hydrogens is 285 g/mol. The molecule has 108 valence electrons. The summed E-state index contributed by atoms with van der Waals surface area (Å²) in [5, 5.41) is 5.24. The lowest BCUT2D eigenvalue weighted by Gasteiger charge is -2.37. The van der Waals surface area contributed by atoms with Crippen LogP contribution in [0.4, 0.5) is 0 Å². The molecule has 2 atom stereocenters. The van der Waals surface area contributed by atoms with Gasteiger partial charge in [0.25, 0.3) is 0 Å². The molecule has 2 rings (SSSR count). The minimum absolute atomic E-state index is 0.107. The fourth-order valence-electron chi connectivity index (χ4n) is 2.40. The Morgan fingerprint density at radius 2 is 2.21 bits per heavy atom. The van der Waals surface area contributed by atoms with Crippen LogP contribution in [0.2, 0.25) is 5.02 Å². The first-order chi connectivity index (χ1) is 9.06. The highest BCUT2D eigenvalue weighted by molar-refractivity contribution is 6.31. The molecule has 2 unspecified atom stereocenters. The Hall–Kier alpha value is -0.290. The van der Waals surface area contributed by atoms with Crippen molar-refractivity contribution >= 4 is 23.2 Å². The molecule has 0 aliphatic carbocycles. The summed E-state index contributed by atoms with van der Waals surface area (Å²) in [6, 6.07) is 0.371. The Balaban J connectivity index is 2.15. The van der Waals surface area contributed by atoms with Crippen LogP contribution in [0.5, 0.6) is 0 Å². The number of halogens is 2. The van der Waals surface area contributed by atoms with Crippen molar-refractivity contribution < 1.29 is 4.74 Å². The second kappa shape index (κ2) is 6.44. The van der Waals surface area contributed by atoms with Crippen LogP contribution in [0.25, 0.3) is 0 Å². The summed E-state index contributed by atoms with van der Waals surface area (Å²) in [4.78, 5) is 2.37. The first-order valence-corrected chi connectivity index (χ1v) is 7.61. The van der Waals surface area contributed by atoms with Gasteiger partial charge in [-0.1, -0.05) is 11.6 Å². The van der Waals surface area contributed by atoms with Gasteiger partial charge in [-0.2, -0.15) is 5.10 Å². The van der Waals surface area contributed by atoms with Crippen LogP contribution in [0.1, 0.15) is 25.2 Å². The van der Waals surface area contributed by atoms with Crippen LogP contribution in [0, 0.1) is 6.92 Å². The van der Waals surface area contributed by atoms with Crippen LogP contribution in [-0.2, 0) is 17.8 Å². The summed E-state index contributed by atoms with van der Waals surface area (Å²) in [6.45, 7) is 9.38. The molecule has 0 N–H and O–H groups in total. The Bertz CT molecular complexity index is 436. The molecule has 0 saturated carbocycles. The van der Waals surface area contributed by atoms with E-state index in [1.165, 1.54) is 0 Å². The van der Waals surface area contributed by atoms with Crippen LogP contribution in [-0.4, -0.2) is 45.9 Å². The highest BCUT2D eigenvalue weighted by atomic mass is 35.5. The van der Waals surface area contributed by atoms with Gasteiger partial charge < -0.3 is 4.74 Å². The molecule has 19 heavy (non-hydrogen) atoms. The molecule has 4 nitrogen and oxygen atoms in total. The van der Waals surface area contributed by atoms with E-state index in [0.29, 0.717) is 18.5 Å². The van der Waals surface area contributed by atoms with Gasteiger partial charge in [-0.15, -0.1) is 11.6 Å². The van der Waals surface area contributed by atoms with Crippen LogP contribution >= 0.6 is 23.2 Å². The van der Waals surface area contributed by atoms with Crippen molar-refractivity contribution in [3.05, 3.63) is 16.4 Å². The second-order valence-electron chi connectivity index (χ2n) is 5.05. The van der Waals surface area contributed by atoms with E-state index in [-0.39, 0.29) is 6.10 Å². The molecule has 1 aromatic rings. The third-order valence-corrected chi connectivity index (χ3v) is 4.45. The van der Waals surface area contributed by atoms with Crippen LogP contribution in [0.3, 0.4) is 0 Å². The number of hydrogen-bond donors (Lipinski definition) is 0. The van der Waals surface area contributed by atoms with Gasteiger partial charge in [-0.25, -0.2) is 0 Å². The van der Waals surface area contributed by atoms with Crippen molar-refractivity contribution in [2.75, 3.05) is 19.0 Å². The lowest BCUT2D eigenvalue weighted by molar-refractivity contribution is -0.0518. The predicted octanol–water partition coefficient (Wildman–Crippen LogP) is 2.69. The van der Waals surface area contributed by atoms with Crippen LogP contribution < -0.4 is 0 Å². The van der Waals surface area contributed by atoms with E-state index in [1.807, 2.05) is 11.6 Å². The predicted molar refractivity (Wildman–Crippen MR) is 78.0 cm³/mol. The molecule has 0 spiro atoms. The molecule has 0 radical (unpaired) electrons. The van der Waals surface area contributed by atoms with Crippen molar-refractivity contribution in [3.8, 4) is 0 Å². The first-order valence-electron chi connectivity index (χ1n) is 6.70. The molecular formula is C13H21Cl2N3O. The van der Waals surface area contributed by atoms with Crippen molar-refractivity contribution in [2.24, 2.45) is 0 Å². The second-order valence-corrected chi connectivity index (χ2v) is 5.74. The van der Waals surface area contributed by atoms with E-state index >= 15 is 0 Å². The van der Waals surface area contributed by atoms with E-state index in [4.69, 9.17) is 27.9 Å². The minimum atomic E-state index is 0.107. The molecule has 1 fully saturated rings. The van der Waals surface area contributed by atoms with E-state index in [1.54, 1.807) is 0 Å². The van der Waals surface area contributed by atoms with Gasteiger partial charge in [0.2, 0.25) is 0 Å². The molecule has 6 heteroatoms. The monoisotopic (exact) mass is 305 g/mol. The minimum Gasteiger partial charge on any atom is -0.374 e. The highest BCUT2D eigenvalue weighted by Crippen LogP contribution is 2.24. The Labute approximate surface area is 124 Å². The van der Waals surface area contributed by atoms with Crippen molar-refractivity contribution in [1.29, 1.82) is 0 Å². The SMILES string of the molecule is CCn1nc(C)c(Cl)c1CN1CC(CCl)OCC1C. The molecule has 0 amide bonds. The summed E-state index contributed by atoms with van der Waals surface area (Å²) in [6.07, 6.45) is 0.107. The Kier molecular flexibility index (Phi) is 5.12. The van der Waals surface area contributed by atoms with Gasteiger partial charge in [-0.3, -0.25) is 9.58 Å². The highest BCUT2D eigenvalue weighted by Gasteiger charge is 2.27. The fourth-order valence-corrected chi connectivity index (χ4v) is 2.78. The average Bonchev–Trinajstić information content (AvgIpc) is 2.68. The first kappa shape index (κ1) is 15.1. The molecule has 1 aliphatic rings. The lowest BCUT2D eigenvalue weighted by atomic mass is 10.2. The van der Waals surface area contributed by atoms with Gasteiger partial charge in [0.1, 0.15) is 0 Å². The summed E-state index contributed by atoms with van der Waals surface area (Å²) < 4.78 is 7.65. The number of aryl methyl sites for hydroxylation is 2. The summed E-state index contributed by atoms with van der Waals surface area (Å²) in [5.41, 5.74) is 1.98. The quantitative estimate of drug-likeness (QED) is 0.801. The maximum absolute atomic E-state index is 6.36. The van der Waals surface area contributed by atoms with Gasteiger partial charge in [-0.05, 0) is 20.8 Å². The average molecular weight is 306 g/mol. The molecule has 1 aromatic heterocycles. The summed E-state index contributed by atoms with van der Waals surface area (Å²) in [5.74, 6) is 0.531. The van der Waals surface area contributed by atoms with Crippen molar-refractivity contribution in [1.82, 2.24) is 14.7 Å². The van der Waals surface area contributed by atoms with Crippen LogP contribution in [0.15, 0.2) is 0 Å². The van der Waals surface area contributed by atoms with Gasteiger partial charge in [0.05, 0.1) is 29.1 Å². The van der Waals surface area contributed by atoms with Crippen molar-refractivity contribution in [2.45, 2.75) is 46.0 Å².